The van der Waals surface area contributed by atoms with Crippen molar-refractivity contribution in [3.8, 4) is 0 Å². The summed E-state index contributed by atoms with van der Waals surface area (Å²) in [5.74, 6) is 5.39. The summed E-state index contributed by atoms with van der Waals surface area (Å²) in [7, 11) is 0. The SMILES string of the molecule is CC(CCc1ccccc1)NC(=O)c1cnc(NN)cn1. The Morgan fingerprint density at radius 1 is 1.24 bits per heavy atom. The van der Waals surface area contributed by atoms with Crippen molar-refractivity contribution in [2.75, 3.05) is 5.43 Å². The Balaban J connectivity index is 1.83. The van der Waals surface area contributed by atoms with Gasteiger partial charge >= 0.3 is 0 Å². The van der Waals surface area contributed by atoms with Crippen LogP contribution in [0.15, 0.2) is 42.7 Å². The molecule has 110 valence electrons. The van der Waals surface area contributed by atoms with Crippen molar-refractivity contribution in [1.29, 1.82) is 0 Å². The lowest BCUT2D eigenvalue weighted by molar-refractivity contribution is 0.0933. The number of nitrogen functional groups attached to an aromatic ring is 1. The number of rotatable bonds is 6. The van der Waals surface area contributed by atoms with E-state index in [0.29, 0.717) is 5.82 Å². The van der Waals surface area contributed by atoms with E-state index in [-0.39, 0.29) is 17.6 Å². The number of aromatic nitrogens is 2. The van der Waals surface area contributed by atoms with Gasteiger partial charge in [-0.15, -0.1) is 0 Å². The molecule has 6 heteroatoms. The van der Waals surface area contributed by atoms with Gasteiger partial charge in [0.15, 0.2) is 5.82 Å². The van der Waals surface area contributed by atoms with Crippen LogP contribution in [0, 0.1) is 0 Å². The third-order valence-electron chi connectivity index (χ3n) is 3.12. The first-order chi connectivity index (χ1) is 10.2. The van der Waals surface area contributed by atoms with Crippen LogP contribution >= 0.6 is 0 Å². The number of amides is 1. The van der Waals surface area contributed by atoms with Crippen molar-refractivity contribution in [2.24, 2.45) is 5.84 Å². The highest BCUT2D eigenvalue weighted by Gasteiger charge is 2.11. The van der Waals surface area contributed by atoms with Crippen LogP contribution in [-0.2, 0) is 6.42 Å². The predicted octanol–water partition coefficient (Wildman–Crippen LogP) is 1.51. The second kappa shape index (κ2) is 7.35. The van der Waals surface area contributed by atoms with Gasteiger partial charge in [-0.2, -0.15) is 0 Å². The summed E-state index contributed by atoms with van der Waals surface area (Å²) < 4.78 is 0. The summed E-state index contributed by atoms with van der Waals surface area (Å²) in [4.78, 5) is 20.0. The molecule has 0 saturated heterocycles. The third kappa shape index (κ3) is 4.54. The van der Waals surface area contributed by atoms with E-state index in [1.165, 1.54) is 18.0 Å². The number of nitrogens with zero attached hydrogens (tertiary/aromatic N) is 2. The molecule has 0 bridgehead atoms. The summed E-state index contributed by atoms with van der Waals surface area (Å²) in [6.45, 7) is 1.98. The first kappa shape index (κ1) is 14.9. The molecule has 2 aromatic rings. The first-order valence-electron chi connectivity index (χ1n) is 6.82. The monoisotopic (exact) mass is 285 g/mol. The smallest absolute Gasteiger partial charge is 0.271 e. The third-order valence-corrected chi connectivity index (χ3v) is 3.12. The molecule has 0 radical (unpaired) electrons. The topological polar surface area (TPSA) is 92.9 Å². The summed E-state index contributed by atoms with van der Waals surface area (Å²) >= 11 is 0. The van der Waals surface area contributed by atoms with E-state index in [1.807, 2.05) is 25.1 Å². The lowest BCUT2D eigenvalue weighted by atomic mass is 10.1. The zero-order valence-corrected chi connectivity index (χ0v) is 11.9. The minimum atomic E-state index is -0.230. The molecule has 1 heterocycles. The van der Waals surface area contributed by atoms with Gasteiger partial charge in [-0.05, 0) is 25.3 Å². The number of anilines is 1. The van der Waals surface area contributed by atoms with Crippen molar-refractivity contribution in [2.45, 2.75) is 25.8 Å². The fourth-order valence-electron chi connectivity index (χ4n) is 1.92. The van der Waals surface area contributed by atoms with E-state index in [9.17, 15) is 4.79 Å². The highest BCUT2D eigenvalue weighted by atomic mass is 16.1. The molecule has 0 fully saturated rings. The van der Waals surface area contributed by atoms with Crippen LogP contribution in [-0.4, -0.2) is 21.9 Å². The molecule has 2 rings (SSSR count). The number of nitrogens with one attached hydrogen (secondary N) is 2. The zero-order valence-electron chi connectivity index (χ0n) is 11.9. The lowest BCUT2D eigenvalue weighted by Gasteiger charge is -2.13. The standard InChI is InChI=1S/C15H19N5O/c1-11(7-8-12-5-3-2-4-6-12)19-15(21)13-9-18-14(20-16)10-17-13/h2-6,9-11H,7-8,16H2,1H3,(H,18,20)(H,19,21). The van der Waals surface area contributed by atoms with Gasteiger partial charge in [0.2, 0.25) is 0 Å². The van der Waals surface area contributed by atoms with E-state index in [4.69, 9.17) is 5.84 Å². The average molecular weight is 285 g/mol. The Morgan fingerprint density at radius 3 is 2.62 bits per heavy atom. The molecule has 1 amide bonds. The highest BCUT2D eigenvalue weighted by Crippen LogP contribution is 2.05. The molecule has 0 aliphatic carbocycles. The van der Waals surface area contributed by atoms with Crippen LogP contribution in [0.3, 0.4) is 0 Å². The minimum absolute atomic E-state index is 0.0619. The summed E-state index contributed by atoms with van der Waals surface area (Å²) in [5.41, 5.74) is 3.91. The molecule has 1 unspecified atom stereocenters. The average Bonchev–Trinajstić information content (AvgIpc) is 2.54. The summed E-state index contributed by atoms with van der Waals surface area (Å²) in [5, 5.41) is 2.91. The number of hydrogen-bond donors (Lipinski definition) is 3. The Hall–Kier alpha value is -2.47. The van der Waals surface area contributed by atoms with Crippen molar-refractivity contribution in [3.05, 3.63) is 54.0 Å². The Bertz CT molecular complexity index is 570. The van der Waals surface area contributed by atoms with Gasteiger partial charge < -0.3 is 10.7 Å². The van der Waals surface area contributed by atoms with Gasteiger partial charge in [0.05, 0.1) is 12.4 Å². The van der Waals surface area contributed by atoms with Crippen LogP contribution < -0.4 is 16.6 Å². The number of hydrogen-bond acceptors (Lipinski definition) is 5. The molecule has 1 aromatic carbocycles. The normalized spacial score (nSPS) is 11.7. The van der Waals surface area contributed by atoms with Gasteiger partial charge in [-0.1, -0.05) is 30.3 Å². The number of nitrogens with two attached hydrogens (primary N) is 1. The van der Waals surface area contributed by atoms with E-state index in [1.54, 1.807) is 0 Å². The molecule has 0 saturated carbocycles. The van der Waals surface area contributed by atoms with E-state index >= 15 is 0 Å². The molecule has 1 atom stereocenters. The lowest BCUT2D eigenvalue weighted by Crippen LogP contribution is -2.33. The largest absolute Gasteiger partial charge is 0.348 e. The molecule has 21 heavy (non-hydrogen) atoms. The number of carbonyl (C=O) groups is 1. The molecule has 0 aliphatic heterocycles. The Morgan fingerprint density at radius 2 is 2.00 bits per heavy atom. The van der Waals surface area contributed by atoms with Gasteiger partial charge in [-0.25, -0.2) is 15.8 Å². The van der Waals surface area contributed by atoms with Crippen LogP contribution in [0.5, 0.6) is 0 Å². The van der Waals surface area contributed by atoms with Crippen molar-refractivity contribution < 1.29 is 4.79 Å². The predicted molar refractivity (Wildman–Crippen MR) is 81.5 cm³/mol. The number of aryl methyl sites for hydroxylation is 1. The maximum atomic E-state index is 12.0. The van der Waals surface area contributed by atoms with Crippen LogP contribution in [0.2, 0.25) is 0 Å². The van der Waals surface area contributed by atoms with Crippen LogP contribution in [0.1, 0.15) is 29.4 Å². The van der Waals surface area contributed by atoms with Gasteiger partial charge in [0, 0.05) is 6.04 Å². The second-order valence-electron chi connectivity index (χ2n) is 4.83. The van der Waals surface area contributed by atoms with Crippen molar-refractivity contribution in [1.82, 2.24) is 15.3 Å². The Kier molecular flexibility index (Phi) is 5.22. The molecular weight excluding hydrogens is 266 g/mol. The Labute approximate surface area is 123 Å². The minimum Gasteiger partial charge on any atom is -0.348 e. The molecule has 0 aliphatic rings. The molecule has 4 N–H and O–H groups in total. The van der Waals surface area contributed by atoms with E-state index in [0.717, 1.165) is 12.8 Å². The molecule has 6 nitrogen and oxygen atoms in total. The van der Waals surface area contributed by atoms with Gasteiger partial charge in [0.1, 0.15) is 5.69 Å². The second-order valence-corrected chi connectivity index (χ2v) is 4.83. The molecule has 1 aromatic heterocycles. The number of carbonyl (C=O) groups excluding carboxylic acids is 1. The maximum absolute atomic E-state index is 12.0. The van der Waals surface area contributed by atoms with E-state index < -0.39 is 0 Å². The fourth-order valence-corrected chi connectivity index (χ4v) is 1.92. The molecule has 0 spiro atoms. The van der Waals surface area contributed by atoms with E-state index in [2.05, 4.69) is 32.8 Å². The summed E-state index contributed by atoms with van der Waals surface area (Å²) in [6.07, 6.45) is 4.60. The summed E-state index contributed by atoms with van der Waals surface area (Å²) in [6, 6.07) is 10.2. The van der Waals surface area contributed by atoms with Crippen LogP contribution in [0.25, 0.3) is 0 Å². The number of benzene rings is 1. The zero-order chi connectivity index (χ0) is 15.1. The fraction of sp³-hybridized carbons (Fsp3) is 0.267. The first-order valence-corrected chi connectivity index (χ1v) is 6.82. The maximum Gasteiger partial charge on any atom is 0.271 e. The van der Waals surface area contributed by atoms with Crippen molar-refractivity contribution in [3.63, 3.8) is 0 Å². The van der Waals surface area contributed by atoms with Crippen LogP contribution in [0.4, 0.5) is 5.82 Å². The van der Waals surface area contributed by atoms with Gasteiger partial charge in [-0.3, -0.25) is 4.79 Å². The highest BCUT2D eigenvalue weighted by molar-refractivity contribution is 5.92. The number of hydrazine groups is 1. The van der Waals surface area contributed by atoms with Gasteiger partial charge in [0.25, 0.3) is 5.91 Å². The quantitative estimate of drug-likeness (QED) is 0.552. The van der Waals surface area contributed by atoms with Crippen molar-refractivity contribution >= 4 is 11.7 Å². The molecular formula is C15H19N5O.